The Morgan fingerprint density at radius 2 is 1.72 bits per heavy atom. The van der Waals surface area contributed by atoms with Crippen LogP contribution in [-0.2, 0) is 16.1 Å². The molecular weight excluding hydrogens is 404 g/mol. The monoisotopic (exact) mass is 440 g/mol. The van der Waals surface area contributed by atoms with Gasteiger partial charge in [0.25, 0.3) is 5.91 Å². The Morgan fingerprint density at radius 1 is 1.00 bits per heavy atom. The number of carbonyl (C=O) groups is 2. The van der Waals surface area contributed by atoms with E-state index >= 15 is 0 Å². The van der Waals surface area contributed by atoms with Gasteiger partial charge in [0, 0.05) is 13.1 Å². The molecule has 6 nitrogen and oxygen atoms in total. The third-order valence-corrected chi connectivity index (χ3v) is 5.23. The normalized spacial score (nSPS) is 11.9. The Bertz CT molecular complexity index is 895. The summed E-state index contributed by atoms with van der Waals surface area (Å²) in [7, 11) is 1.60. The number of benzene rings is 2. The van der Waals surface area contributed by atoms with Crippen LogP contribution in [-0.4, -0.2) is 43.0 Å². The molecule has 6 heteroatoms. The topological polar surface area (TPSA) is 67.9 Å². The quantitative estimate of drug-likeness (QED) is 0.563. The summed E-state index contributed by atoms with van der Waals surface area (Å²) in [5, 5.41) is 2.93. The van der Waals surface area contributed by atoms with Gasteiger partial charge in [0.15, 0.2) is 6.61 Å². The van der Waals surface area contributed by atoms with Crippen LogP contribution in [0.1, 0.15) is 51.7 Å². The second kappa shape index (κ2) is 12.1. The standard InChI is InChI=1S/C26H36N2O4/c1-18(2)15-27-26(30)20(5)28(16-21-10-9-11-22(14-21)31-6)25(29)17-32-24-13-8-7-12-23(24)19(3)4/h7-14,18-20H,15-17H2,1-6H3,(H,27,30)/t20-/m1/s1. The molecule has 0 saturated carbocycles. The smallest absolute Gasteiger partial charge is 0.261 e. The van der Waals surface area contributed by atoms with Gasteiger partial charge in [0.05, 0.1) is 7.11 Å². The Hall–Kier alpha value is -3.02. The van der Waals surface area contributed by atoms with Crippen molar-refractivity contribution in [2.45, 2.75) is 53.1 Å². The Balaban J connectivity index is 2.20. The van der Waals surface area contributed by atoms with Crippen molar-refractivity contribution in [3.63, 3.8) is 0 Å². The maximum atomic E-state index is 13.2. The maximum Gasteiger partial charge on any atom is 0.261 e. The van der Waals surface area contributed by atoms with Crippen molar-refractivity contribution >= 4 is 11.8 Å². The van der Waals surface area contributed by atoms with Crippen molar-refractivity contribution in [2.24, 2.45) is 5.92 Å². The average molecular weight is 441 g/mol. The third kappa shape index (κ3) is 7.29. The van der Waals surface area contributed by atoms with Gasteiger partial charge >= 0.3 is 0 Å². The number of nitrogens with zero attached hydrogens (tertiary/aromatic N) is 1. The second-order valence-electron chi connectivity index (χ2n) is 8.67. The van der Waals surface area contributed by atoms with Crippen LogP contribution in [0.2, 0.25) is 0 Å². The van der Waals surface area contributed by atoms with Gasteiger partial charge in [-0.25, -0.2) is 0 Å². The van der Waals surface area contributed by atoms with Gasteiger partial charge in [-0.15, -0.1) is 0 Å². The van der Waals surface area contributed by atoms with Crippen LogP contribution in [0.5, 0.6) is 11.5 Å². The fraction of sp³-hybridized carbons (Fsp3) is 0.462. The SMILES string of the molecule is COc1cccc(CN(C(=O)COc2ccccc2C(C)C)[C@H](C)C(=O)NCC(C)C)c1. The number of hydrogen-bond acceptors (Lipinski definition) is 4. The van der Waals surface area contributed by atoms with Crippen LogP contribution >= 0.6 is 0 Å². The molecule has 2 amide bonds. The molecule has 0 unspecified atom stereocenters. The van der Waals surface area contributed by atoms with Gasteiger partial charge in [-0.1, -0.05) is 58.0 Å². The van der Waals surface area contributed by atoms with E-state index in [1.165, 1.54) is 0 Å². The predicted octanol–water partition coefficient (Wildman–Crippen LogP) is 4.39. The molecule has 0 spiro atoms. The molecule has 0 saturated heterocycles. The van der Waals surface area contributed by atoms with Crippen molar-refractivity contribution in [3.05, 3.63) is 59.7 Å². The molecule has 2 aromatic carbocycles. The minimum atomic E-state index is -0.642. The first-order valence-corrected chi connectivity index (χ1v) is 11.1. The first kappa shape index (κ1) is 25.2. The molecule has 0 heterocycles. The highest BCUT2D eigenvalue weighted by atomic mass is 16.5. The van der Waals surface area contributed by atoms with E-state index in [0.717, 1.165) is 11.1 Å². The number of nitrogens with one attached hydrogen (secondary N) is 1. The molecular formula is C26H36N2O4. The van der Waals surface area contributed by atoms with Gasteiger partial charge < -0.3 is 19.7 Å². The predicted molar refractivity (Wildman–Crippen MR) is 127 cm³/mol. The number of hydrogen-bond donors (Lipinski definition) is 1. The van der Waals surface area contributed by atoms with Crippen LogP contribution in [0.25, 0.3) is 0 Å². The zero-order chi connectivity index (χ0) is 23.7. The van der Waals surface area contributed by atoms with Crippen molar-refractivity contribution in [1.29, 1.82) is 0 Å². The van der Waals surface area contributed by atoms with Crippen molar-refractivity contribution in [3.8, 4) is 11.5 Å². The minimum Gasteiger partial charge on any atom is -0.497 e. The number of carbonyl (C=O) groups excluding carboxylic acids is 2. The van der Waals surface area contributed by atoms with E-state index in [2.05, 4.69) is 19.2 Å². The number of para-hydroxylation sites is 1. The zero-order valence-electron chi connectivity index (χ0n) is 20.1. The van der Waals surface area contributed by atoms with Gasteiger partial charge in [0.2, 0.25) is 5.91 Å². The molecule has 0 aliphatic rings. The van der Waals surface area contributed by atoms with E-state index in [4.69, 9.17) is 9.47 Å². The zero-order valence-corrected chi connectivity index (χ0v) is 20.1. The van der Waals surface area contributed by atoms with E-state index in [0.29, 0.717) is 24.0 Å². The largest absolute Gasteiger partial charge is 0.497 e. The van der Waals surface area contributed by atoms with Gasteiger partial charge in [-0.05, 0) is 48.1 Å². The summed E-state index contributed by atoms with van der Waals surface area (Å²) in [5.74, 6) is 1.55. The lowest BCUT2D eigenvalue weighted by molar-refractivity contribution is -0.142. The molecule has 174 valence electrons. The first-order valence-electron chi connectivity index (χ1n) is 11.1. The molecule has 2 rings (SSSR count). The fourth-order valence-corrected chi connectivity index (χ4v) is 3.31. The van der Waals surface area contributed by atoms with E-state index in [9.17, 15) is 9.59 Å². The molecule has 0 fully saturated rings. The lowest BCUT2D eigenvalue weighted by atomic mass is 10.0. The van der Waals surface area contributed by atoms with Gasteiger partial charge in [-0.3, -0.25) is 9.59 Å². The molecule has 0 radical (unpaired) electrons. The molecule has 0 aliphatic carbocycles. The van der Waals surface area contributed by atoms with Crippen molar-refractivity contribution < 1.29 is 19.1 Å². The maximum absolute atomic E-state index is 13.2. The molecule has 0 aliphatic heterocycles. The number of methoxy groups -OCH3 is 1. The highest BCUT2D eigenvalue weighted by Crippen LogP contribution is 2.26. The van der Waals surface area contributed by atoms with Gasteiger partial charge in [-0.2, -0.15) is 0 Å². The number of ether oxygens (including phenoxy) is 2. The van der Waals surface area contributed by atoms with E-state index < -0.39 is 6.04 Å². The van der Waals surface area contributed by atoms with E-state index in [1.54, 1.807) is 18.9 Å². The summed E-state index contributed by atoms with van der Waals surface area (Å²) >= 11 is 0. The van der Waals surface area contributed by atoms with Crippen molar-refractivity contribution in [2.75, 3.05) is 20.3 Å². The lowest BCUT2D eigenvalue weighted by Gasteiger charge is -2.29. The summed E-state index contributed by atoms with van der Waals surface area (Å²) in [6.45, 7) is 10.7. The number of amides is 2. The Morgan fingerprint density at radius 3 is 2.38 bits per heavy atom. The molecule has 0 aromatic heterocycles. The molecule has 1 atom stereocenters. The summed E-state index contributed by atoms with van der Waals surface area (Å²) in [5.41, 5.74) is 1.92. The highest BCUT2D eigenvalue weighted by Gasteiger charge is 2.27. The Kier molecular flexibility index (Phi) is 9.57. The highest BCUT2D eigenvalue weighted by molar-refractivity contribution is 5.88. The first-order chi connectivity index (χ1) is 15.2. The molecule has 1 N–H and O–H groups in total. The molecule has 2 aromatic rings. The summed E-state index contributed by atoms with van der Waals surface area (Å²) in [6, 6.07) is 14.6. The summed E-state index contributed by atoms with van der Waals surface area (Å²) in [4.78, 5) is 27.5. The minimum absolute atomic E-state index is 0.143. The molecule has 32 heavy (non-hydrogen) atoms. The van der Waals surface area contributed by atoms with Crippen LogP contribution in [0.4, 0.5) is 0 Å². The lowest BCUT2D eigenvalue weighted by Crippen LogP contribution is -2.49. The van der Waals surface area contributed by atoms with Crippen LogP contribution < -0.4 is 14.8 Å². The summed E-state index contributed by atoms with van der Waals surface area (Å²) in [6.07, 6.45) is 0. The molecule has 0 bridgehead atoms. The Labute approximate surface area is 191 Å². The van der Waals surface area contributed by atoms with Crippen LogP contribution in [0, 0.1) is 5.92 Å². The second-order valence-corrected chi connectivity index (χ2v) is 8.67. The average Bonchev–Trinajstić information content (AvgIpc) is 2.79. The van der Waals surface area contributed by atoms with E-state index in [1.807, 2.05) is 62.4 Å². The fourth-order valence-electron chi connectivity index (χ4n) is 3.31. The number of rotatable bonds is 11. The van der Waals surface area contributed by atoms with Crippen LogP contribution in [0.3, 0.4) is 0 Å². The van der Waals surface area contributed by atoms with E-state index in [-0.39, 0.29) is 30.9 Å². The third-order valence-electron chi connectivity index (χ3n) is 5.23. The van der Waals surface area contributed by atoms with Crippen molar-refractivity contribution in [1.82, 2.24) is 10.2 Å². The van der Waals surface area contributed by atoms with Crippen LogP contribution in [0.15, 0.2) is 48.5 Å². The van der Waals surface area contributed by atoms with Gasteiger partial charge in [0.1, 0.15) is 17.5 Å². The summed E-state index contributed by atoms with van der Waals surface area (Å²) < 4.78 is 11.2.